The molecule has 0 aliphatic carbocycles. The first-order valence-corrected chi connectivity index (χ1v) is 11.8. The van der Waals surface area contributed by atoms with E-state index in [0.29, 0.717) is 23.0 Å². The van der Waals surface area contributed by atoms with Gasteiger partial charge < -0.3 is 9.15 Å². The zero-order valence-electron chi connectivity index (χ0n) is 19.3. The van der Waals surface area contributed by atoms with Crippen LogP contribution < -0.4 is 4.74 Å². The molecule has 4 aromatic carbocycles. The van der Waals surface area contributed by atoms with Crippen molar-refractivity contribution in [2.24, 2.45) is 4.99 Å². The quantitative estimate of drug-likeness (QED) is 0.216. The Balaban J connectivity index is 1.40. The smallest absolute Gasteiger partial charge is 0.238 e. The molecule has 0 atom stereocenters. The van der Waals surface area contributed by atoms with Crippen molar-refractivity contribution in [2.75, 3.05) is 0 Å². The maximum atomic E-state index is 10.0. The fraction of sp³-hybridized carbons (Fsp3) is 0.0323. The lowest BCUT2D eigenvalue weighted by molar-refractivity contribution is 0.306. The van der Waals surface area contributed by atoms with Crippen LogP contribution in [0.5, 0.6) is 5.75 Å². The van der Waals surface area contributed by atoms with E-state index in [1.54, 1.807) is 6.21 Å². The van der Waals surface area contributed by atoms with Crippen molar-refractivity contribution in [2.45, 2.75) is 6.61 Å². The first-order chi connectivity index (χ1) is 17.7. The van der Waals surface area contributed by atoms with Gasteiger partial charge in [-0.1, -0.05) is 84.4 Å². The fourth-order valence-corrected chi connectivity index (χ4v) is 3.94. The van der Waals surface area contributed by atoms with Crippen molar-refractivity contribution in [3.8, 4) is 34.3 Å². The lowest BCUT2D eigenvalue weighted by atomic mass is 9.98. The Bertz CT molecular complexity index is 1520. The molecule has 0 unspecified atom stereocenters. The van der Waals surface area contributed by atoms with Gasteiger partial charge in [0.2, 0.25) is 5.88 Å². The average molecular weight is 489 g/mol. The zero-order chi connectivity index (χ0) is 24.7. The molecular weight excluding hydrogens is 468 g/mol. The van der Waals surface area contributed by atoms with Crippen LogP contribution in [0.15, 0.2) is 119 Å². The number of benzene rings is 4. The van der Waals surface area contributed by atoms with E-state index >= 15 is 0 Å². The monoisotopic (exact) mass is 488 g/mol. The number of hydrogen-bond donors (Lipinski definition) is 0. The minimum Gasteiger partial charge on any atom is -0.489 e. The average Bonchev–Trinajstić information content (AvgIpc) is 3.32. The lowest BCUT2D eigenvalue weighted by Gasteiger charge is -2.06. The summed E-state index contributed by atoms with van der Waals surface area (Å²) in [7, 11) is 0. The van der Waals surface area contributed by atoms with E-state index in [1.165, 1.54) is 0 Å². The number of halogens is 1. The number of aliphatic imine (C=N–C) groups is 1. The van der Waals surface area contributed by atoms with Crippen LogP contribution in [0.3, 0.4) is 0 Å². The topological polar surface area (TPSA) is 58.5 Å². The molecule has 0 saturated carbocycles. The van der Waals surface area contributed by atoms with Gasteiger partial charge in [-0.2, -0.15) is 5.26 Å². The van der Waals surface area contributed by atoms with Gasteiger partial charge >= 0.3 is 0 Å². The second-order valence-corrected chi connectivity index (χ2v) is 8.51. The molecule has 174 valence electrons. The molecule has 0 amide bonds. The standard InChI is InChI=1S/C31H21ClN2O2/c32-26-15-11-23(12-16-26)21-35-27-17-13-22(14-18-27)20-34-31-28(19-33)29(24-7-3-1-4-8-24)30(36-31)25-9-5-2-6-10-25/h1-18,20H,21H2. The van der Waals surface area contributed by atoms with Gasteiger partial charge in [0.05, 0.1) is 0 Å². The van der Waals surface area contributed by atoms with Crippen molar-refractivity contribution < 1.29 is 9.15 Å². The third-order valence-electron chi connectivity index (χ3n) is 5.63. The summed E-state index contributed by atoms with van der Waals surface area (Å²) in [5.74, 6) is 1.64. The van der Waals surface area contributed by atoms with Gasteiger partial charge in [-0.25, -0.2) is 4.99 Å². The summed E-state index contributed by atoms with van der Waals surface area (Å²) in [4.78, 5) is 4.54. The molecule has 0 aliphatic rings. The van der Waals surface area contributed by atoms with Crippen LogP contribution in [0.25, 0.3) is 22.5 Å². The van der Waals surface area contributed by atoms with E-state index in [4.69, 9.17) is 20.8 Å². The van der Waals surface area contributed by atoms with Crippen LogP contribution in [0.2, 0.25) is 5.02 Å². The highest BCUT2D eigenvalue weighted by molar-refractivity contribution is 6.30. The van der Waals surface area contributed by atoms with Gasteiger partial charge in [0.15, 0.2) is 0 Å². The molecule has 0 radical (unpaired) electrons. The summed E-state index contributed by atoms with van der Waals surface area (Å²) >= 11 is 5.93. The van der Waals surface area contributed by atoms with E-state index in [0.717, 1.165) is 33.6 Å². The summed E-state index contributed by atoms with van der Waals surface area (Å²) in [5, 5.41) is 10.7. The van der Waals surface area contributed by atoms with Crippen molar-refractivity contribution in [3.63, 3.8) is 0 Å². The van der Waals surface area contributed by atoms with Crippen LogP contribution in [0.4, 0.5) is 5.88 Å². The Morgan fingerprint density at radius 1 is 0.806 bits per heavy atom. The van der Waals surface area contributed by atoms with E-state index in [9.17, 15) is 5.26 Å². The predicted molar refractivity (Wildman–Crippen MR) is 144 cm³/mol. The normalized spacial score (nSPS) is 10.9. The van der Waals surface area contributed by atoms with Gasteiger partial charge in [-0.3, -0.25) is 0 Å². The fourth-order valence-electron chi connectivity index (χ4n) is 3.82. The van der Waals surface area contributed by atoms with E-state index in [-0.39, 0.29) is 5.88 Å². The largest absolute Gasteiger partial charge is 0.489 e. The molecule has 0 N–H and O–H groups in total. The molecule has 0 spiro atoms. The van der Waals surface area contributed by atoms with Gasteiger partial charge in [0.1, 0.15) is 29.7 Å². The van der Waals surface area contributed by atoms with E-state index in [1.807, 2.05) is 109 Å². The summed E-state index contributed by atoms with van der Waals surface area (Å²) < 4.78 is 12.0. The molecule has 1 aromatic heterocycles. The molecule has 1 heterocycles. The minimum atomic E-state index is 0.276. The van der Waals surface area contributed by atoms with Crippen LogP contribution >= 0.6 is 11.6 Å². The molecule has 36 heavy (non-hydrogen) atoms. The van der Waals surface area contributed by atoms with Crippen molar-refractivity contribution in [1.29, 1.82) is 5.26 Å². The number of nitrogens with zero attached hydrogens (tertiary/aromatic N) is 2. The maximum absolute atomic E-state index is 10.0. The van der Waals surface area contributed by atoms with Crippen molar-refractivity contribution >= 4 is 23.7 Å². The molecule has 5 heteroatoms. The molecular formula is C31H21ClN2O2. The van der Waals surface area contributed by atoms with Gasteiger partial charge in [-0.05, 0) is 53.1 Å². The first-order valence-electron chi connectivity index (χ1n) is 11.4. The highest BCUT2D eigenvalue weighted by atomic mass is 35.5. The minimum absolute atomic E-state index is 0.276. The summed E-state index contributed by atoms with van der Waals surface area (Å²) in [5.41, 5.74) is 4.82. The second kappa shape index (κ2) is 10.8. The molecule has 4 nitrogen and oxygen atoms in total. The molecule has 0 bridgehead atoms. The highest BCUT2D eigenvalue weighted by Gasteiger charge is 2.22. The third-order valence-corrected chi connectivity index (χ3v) is 5.88. The Hall–Kier alpha value is -4.59. The van der Waals surface area contributed by atoms with Crippen LogP contribution in [-0.4, -0.2) is 6.21 Å². The molecule has 5 rings (SSSR count). The maximum Gasteiger partial charge on any atom is 0.238 e. The molecule has 0 aliphatic heterocycles. The Morgan fingerprint density at radius 3 is 2.08 bits per heavy atom. The highest BCUT2D eigenvalue weighted by Crippen LogP contribution is 2.42. The van der Waals surface area contributed by atoms with Crippen LogP contribution in [-0.2, 0) is 6.61 Å². The first kappa shape index (κ1) is 23.2. The third kappa shape index (κ3) is 5.22. The van der Waals surface area contributed by atoms with Crippen molar-refractivity contribution in [3.05, 3.63) is 131 Å². The Kier molecular flexibility index (Phi) is 6.93. The zero-order valence-corrected chi connectivity index (χ0v) is 20.0. The molecule has 0 saturated heterocycles. The summed E-state index contributed by atoms with van der Waals surface area (Å²) in [6, 6.07) is 37.0. The van der Waals surface area contributed by atoms with Gasteiger partial charge in [-0.15, -0.1) is 0 Å². The number of ether oxygens (including phenoxy) is 1. The molecule has 0 fully saturated rings. The predicted octanol–water partition coefficient (Wildman–Crippen LogP) is 8.47. The van der Waals surface area contributed by atoms with Gasteiger partial charge in [0, 0.05) is 22.4 Å². The lowest BCUT2D eigenvalue weighted by Crippen LogP contribution is -1.95. The SMILES string of the molecule is N#Cc1c(N=Cc2ccc(OCc3ccc(Cl)cc3)cc2)oc(-c2ccccc2)c1-c1ccccc1. The number of hydrogen-bond acceptors (Lipinski definition) is 4. The number of furan rings is 1. The number of rotatable bonds is 7. The van der Waals surface area contributed by atoms with E-state index in [2.05, 4.69) is 11.1 Å². The van der Waals surface area contributed by atoms with E-state index < -0.39 is 0 Å². The van der Waals surface area contributed by atoms with Crippen molar-refractivity contribution in [1.82, 2.24) is 0 Å². The number of nitriles is 1. The summed E-state index contributed by atoms with van der Waals surface area (Å²) in [6.45, 7) is 0.451. The summed E-state index contributed by atoms with van der Waals surface area (Å²) in [6.07, 6.45) is 1.69. The van der Waals surface area contributed by atoms with Crippen LogP contribution in [0.1, 0.15) is 16.7 Å². The van der Waals surface area contributed by atoms with Crippen LogP contribution in [0, 0.1) is 11.3 Å². The second-order valence-electron chi connectivity index (χ2n) is 8.07. The Labute approximate surface area is 214 Å². The van der Waals surface area contributed by atoms with Gasteiger partial charge in [0.25, 0.3) is 0 Å². The Morgan fingerprint density at radius 2 is 1.44 bits per heavy atom. The molecule has 5 aromatic rings.